The lowest BCUT2D eigenvalue weighted by atomic mass is 10.2. The van der Waals surface area contributed by atoms with Gasteiger partial charge in [0, 0.05) is 31.2 Å². The molecule has 0 radical (unpaired) electrons. The summed E-state index contributed by atoms with van der Waals surface area (Å²) in [5.41, 5.74) is 2.09. The minimum Gasteiger partial charge on any atom is -0.445 e. The molecule has 8 heteroatoms. The van der Waals surface area contributed by atoms with Gasteiger partial charge in [0.1, 0.15) is 6.61 Å². The van der Waals surface area contributed by atoms with E-state index in [4.69, 9.17) is 26.1 Å². The molecule has 2 heterocycles. The second-order valence-electron chi connectivity index (χ2n) is 7.49. The van der Waals surface area contributed by atoms with Crippen molar-refractivity contribution in [3.05, 3.63) is 71.3 Å². The molecule has 1 saturated heterocycles. The van der Waals surface area contributed by atoms with Crippen molar-refractivity contribution in [3.63, 3.8) is 0 Å². The van der Waals surface area contributed by atoms with Gasteiger partial charge in [-0.3, -0.25) is 0 Å². The minimum absolute atomic E-state index is 0.242. The zero-order valence-corrected chi connectivity index (χ0v) is 19.4. The van der Waals surface area contributed by atoms with Gasteiger partial charge in [0.05, 0.1) is 23.4 Å². The van der Waals surface area contributed by atoms with Crippen molar-refractivity contribution in [2.45, 2.75) is 13.0 Å². The summed E-state index contributed by atoms with van der Waals surface area (Å²) >= 11 is 7.73. The Bertz CT molecular complexity index is 1060. The predicted octanol–water partition coefficient (Wildman–Crippen LogP) is 5.37. The summed E-state index contributed by atoms with van der Waals surface area (Å²) in [6.45, 7) is 4.17. The van der Waals surface area contributed by atoms with E-state index >= 15 is 0 Å². The first-order chi connectivity index (χ1) is 15.7. The van der Waals surface area contributed by atoms with Crippen LogP contribution in [0.4, 0.5) is 9.93 Å². The molecule has 1 amide bonds. The fourth-order valence-electron chi connectivity index (χ4n) is 3.48. The average Bonchev–Trinajstić information content (AvgIpc) is 3.06. The van der Waals surface area contributed by atoms with Crippen LogP contribution < -0.4 is 4.90 Å². The molecule has 0 saturated carbocycles. The van der Waals surface area contributed by atoms with Gasteiger partial charge in [-0.2, -0.15) is 0 Å². The molecule has 1 aromatic heterocycles. The fraction of sp³-hybridized carbons (Fsp3) is 0.333. The van der Waals surface area contributed by atoms with Gasteiger partial charge in [-0.15, -0.1) is 0 Å². The van der Waals surface area contributed by atoms with Crippen LogP contribution >= 0.6 is 22.9 Å². The van der Waals surface area contributed by atoms with E-state index in [2.05, 4.69) is 4.90 Å². The molecule has 1 aliphatic rings. The molecule has 0 N–H and O–H groups in total. The lowest BCUT2D eigenvalue weighted by molar-refractivity contribution is 0.114. The molecule has 0 bridgehead atoms. The van der Waals surface area contributed by atoms with Gasteiger partial charge in [0.25, 0.3) is 0 Å². The number of rotatable bonds is 7. The normalized spacial score (nSPS) is 14.8. The van der Waals surface area contributed by atoms with E-state index in [1.165, 1.54) is 0 Å². The monoisotopic (exact) mass is 471 g/mol. The first-order valence-corrected chi connectivity index (χ1v) is 11.9. The molecule has 1 fully saturated rings. The summed E-state index contributed by atoms with van der Waals surface area (Å²) < 4.78 is 12.1. The number of carbonyl (C=O) groups is 1. The highest BCUT2D eigenvalue weighted by Gasteiger charge is 2.21. The summed E-state index contributed by atoms with van der Waals surface area (Å²) in [7, 11) is 0. The van der Waals surface area contributed by atoms with Crippen molar-refractivity contribution in [2.24, 2.45) is 0 Å². The smallest absolute Gasteiger partial charge is 0.410 e. The number of hydrogen-bond donors (Lipinski definition) is 0. The van der Waals surface area contributed by atoms with Gasteiger partial charge in [-0.05, 0) is 36.3 Å². The summed E-state index contributed by atoms with van der Waals surface area (Å²) in [6, 6.07) is 15.8. The minimum atomic E-state index is -0.280. The molecule has 3 aromatic rings. The van der Waals surface area contributed by atoms with Crippen LogP contribution in [0, 0.1) is 0 Å². The Kier molecular flexibility index (Phi) is 7.98. The molecule has 4 rings (SSSR count). The number of fused-ring (bicyclic) bond motifs is 1. The zero-order chi connectivity index (χ0) is 22.2. The van der Waals surface area contributed by atoms with Crippen LogP contribution in [0.15, 0.2) is 60.7 Å². The van der Waals surface area contributed by atoms with Gasteiger partial charge in [0.2, 0.25) is 0 Å². The second-order valence-corrected chi connectivity index (χ2v) is 8.93. The number of nitrogens with zero attached hydrogens (tertiary/aromatic N) is 3. The number of ether oxygens (including phenoxy) is 2. The van der Waals surface area contributed by atoms with Gasteiger partial charge < -0.3 is 19.3 Å². The Morgan fingerprint density at radius 1 is 1.06 bits per heavy atom. The Labute approximate surface area is 197 Å². The highest BCUT2D eigenvalue weighted by molar-refractivity contribution is 7.22. The van der Waals surface area contributed by atoms with Crippen LogP contribution in [0.25, 0.3) is 10.2 Å². The number of carbonyl (C=O) groups excluding carboxylic acids is 1. The van der Waals surface area contributed by atoms with Gasteiger partial charge in [-0.25, -0.2) is 9.78 Å². The Morgan fingerprint density at radius 2 is 1.91 bits per heavy atom. The zero-order valence-electron chi connectivity index (χ0n) is 17.8. The third-order valence-electron chi connectivity index (χ3n) is 5.16. The third kappa shape index (κ3) is 6.22. The molecular weight excluding hydrogens is 446 g/mol. The first-order valence-electron chi connectivity index (χ1n) is 10.7. The molecule has 2 aromatic carbocycles. The number of hydrogen-bond acceptors (Lipinski definition) is 6. The fourth-order valence-corrected chi connectivity index (χ4v) is 4.77. The number of benzene rings is 2. The largest absolute Gasteiger partial charge is 0.445 e. The standard InChI is InChI=1S/C24H26ClN3O3S/c25-20-9-10-21-22(17-20)32-23(26-21)27-11-6-12-28(14-13-27)24(29)31-16-5-4-15-30-18-19-7-2-1-3-8-19/h1-5,7-10,17H,6,11-16,18H2/b5-4+. The van der Waals surface area contributed by atoms with Gasteiger partial charge in [-0.1, -0.05) is 59.3 Å². The molecule has 0 spiro atoms. The quantitative estimate of drug-likeness (QED) is 0.342. The van der Waals surface area contributed by atoms with Gasteiger partial charge >= 0.3 is 6.09 Å². The van der Waals surface area contributed by atoms with Crippen molar-refractivity contribution in [1.29, 1.82) is 0 Å². The van der Waals surface area contributed by atoms with Crippen LogP contribution in [0.3, 0.4) is 0 Å². The maximum absolute atomic E-state index is 12.4. The summed E-state index contributed by atoms with van der Waals surface area (Å²) in [5.74, 6) is 0. The molecule has 6 nitrogen and oxygen atoms in total. The van der Waals surface area contributed by atoms with E-state index in [0.717, 1.165) is 40.4 Å². The number of thiazole rings is 1. The van der Waals surface area contributed by atoms with Crippen LogP contribution in [0.5, 0.6) is 0 Å². The molecule has 1 aliphatic heterocycles. The second kappa shape index (κ2) is 11.3. The number of halogens is 1. The molecule has 0 aliphatic carbocycles. The summed E-state index contributed by atoms with van der Waals surface area (Å²) in [5, 5.41) is 1.69. The van der Waals surface area contributed by atoms with Crippen molar-refractivity contribution >= 4 is 44.4 Å². The number of anilines is 1. The molecular formula is C24H26ClN3O3S. The van der Waals surface area contributed by atoms with Gasteiger partial charge in [0.15, 0.2) is 5.13 Å². The van der Waals surface area contributed by atoms with Crippen LogP contribution in [-0.2, 0) is 16.1 Å². The number of aromatic nitrogens is 1. The maximum atomic E-state index is 12.4. The number of amides is 1. The SMILES string of the molecule is O=C(OC/C=C/COCc1ccccc1)N1CCCN(c2nc3ccc(Cl)cc3s2)CC1. The van der Waals surface area contributed by atoms with E-state index in [-0.39, 0.29) is 12.7 Å². The van der Waals surface area contributed by atoms with E-state index in [1.54, 1.807) is 16.2 Å². The summed E-state index contributed by atoms with van der Waals surface area (Å²) in [6.07, 6.45) is 4.28. The van der Waals surface area contributed by atoms with Crippen LogP contribution in [0.2, 0.25) is 5.02 Å². The van der Waals surface area contributed by atoms with Crippen LogP contribution in [0.1, 0.15) is 12.0 Å². The van der Waals surface area contributed by atoms with E-state index in [9.17, 15) is 4.79 Å². The highest BCUT2D eigenvalue weighted by atomic mass is 35.5. The molecule has 32 heavy (non-hydrogen) atoms. The average molecular weight is 472 g/mol. The van der Waals surface area contributed by atoms with Crippen molar-refractivity contribution < 1.29 is 14.3 Å². The van der Waals surface area contributed by atoms with E-state index in [1.807, 2.05) is 60.7 Å². The topological polar surface area (TPSA) is 54.9 Å². The van der Waals surface area contributed by atoms with Crippen molar-refractivity contribution in [2.75, 3.05) is 44.3 Å². The summed E-state index contributed by atoms with van der Waals surface area (Å²) in [4.78, 5) is 21.2. The molecule has 0 unspecified atom stereocenters. The molecule has 0 atom stereocenters. The van der Waals surface area contributed by atoms with Crippen molar-refractivity contribution in [1.82, 2.24) is 9.88 Å². The van der Waals surface area contributed by atoms with E-state index in [0.29, 0.717) is 31.3 Å². The Morgan fingerprint density at radius 3 is 2.78 bits per heavy atom. The predicted molar refractivity (Wildman–Crippen MR) is 130 cm³/mol. The third-order valence-corrected chi connectivity index (χ3v) is 6.47. The highest BCUT2D eigenvalue weighted by Crippen LogP contribution is 2.31. The maximum Gasteiger partial charge on any atom is 0.410 e. The Hall–Kier alpha value is -2.61. The lowest BCUT2D eigenvalue weighted by Gasteiger charge is -2.21. The van der Waals surface area contributed by atoms with Crippen molar-refractivity contribution in [3.8, 4) is 0 Å². The first kappa shape index (κ1) is 22.6. The van der Waals surface area contributed by atoms with Crippen LogP contribution in [-0.4, -0.2) is 55.4 Å². The van der Waals surface area contributed by atoms with E-state index < -0.39 is 0 Å². The Balaban J connectivity index is 1.18. The lowest BCUT2D eigenvalue weighted by Crippen LogP contribution is -2.35. The molecule has 168 valence electrons.